The van der Waals surface area contributed by atoms with Crippen molar-refractivity contribution in [1.29, 1.82) is 0 Å². The van der Waals surface area contributed by atoms with Gasteiger partial charge in [-0.1, -0.05) is 28.1 Å². The van der Waals surface area contributed by atoms with Gasteiger partial charge < -0.3 is 19.5 Å². The number of cyclic esters (lactones) is 2. The third kappa shape index (κ3) is 6.56. The molecule has 0 bridgehead atoms. The molecule has 1 aliphatic rings. The fraction of sp³-hybridized carbons (Fsp3) is 0.500. The zero-order valence-electron chi connectivity index (χ0n) is 16.9. The summed E-state index contributed by atoms with van der Waals surface area (Å²) in [6.45, 7) is 7.81. The van der Waals surface area contributed by atoms with Crippen LogP contribution in [-0.4, -0.2) is 41.2 Å². The number of rotatable bonds is 5. The first-order valence-electron chi connectivity index (χ1n) is 9.01. The smallest absolute Gasteiger partial charge is 0.408 e. The van der Waals surface area contributed by atoms with Crippen molar-refractivity contribution in [3.05, 3.63) is 34.3 Å². The number of halogens is 1. The van der Waals surface area contributed by atoms with Gasteiger partial charge in [-0.2, -0.15) is 0 Å². The summed E-state index contributed by atoms with van der Waals surface area (Å²) in [5.41, 5.74) is -0.0809. The Bertz CT molecular complexity index is 791. The van der Waals surface area contributed by atoms with Gasteiger partial charge in [0.15, 0.2) is 5.78 Å². The topological polar surface area (TPSA) is 108 Å². The van der Waals surface area contributed by atoms with Crippen LogP contribution in [0.25, 0.3) is 0 Å². The van der Waals surface area contributed by atoms with E-state index >= 15 is 0 Å². The molecule has 1 heterocycles. The molecular formula is C20H24BrNO7. The molecule has 1 amide bonds. The van der Waals surface area contributed by atoms with Gasteiger partial charge >= 0.3 is 18.0 Å². The number of carbonyl (C=O) groups excluding carboxylic acids is 4. The molecular weight excluding hydrogens is 446 g/mol. The maximum Gasteiger partial charge on any atom is 0.408 e. The van der Waals surface area contributed by atoms with Crippen molar-refractivity contribution in [2.24, 2.45) is 5.92 Å². The Hall–Kier alpha value is -2.42. The van der Waals surface area contributed by atoms with E-state index in [0.29, 0.717) is 5.56 Å². The third-order valence-corrected chi connectivity index (χ3v) is 4.36. The Labute approximate surface area is 177 Å². The van der Waals surface area contributed by atoms with Crippen molar-refractivity contribution < 1.29 is 33.4 Å². The molecule has 1 unspecified atom stereocenters. The lowest BCUT2D eigenvalue weighted by Gasteiger charge is -2.33. The third-order valence-electron chi connectivity index (χ3n) is 3.84. The summed E-state index contributed by atoms with van der Waals surface area (Å²) < 4.78 is 16.1. The summed E-state index contributed by atoms with van der Waals surface area (Å²) in [5.74, 6) is -6.08. The first-order chi connectivity index (χ1) is 13.3. The summed E-state index contributed by atoms with van der Waals surface area (Å²) in [5, 5.41) is 2.46. The minimum absolute atomic E-state index is 0.0474. The zero-order chi connectivity index (χ0) is 22.0. The van der Waals surface area contributed by atoms with E-state index in [1.807, 2.05) is 0 Å². The van der Waals surface area contributed by atoms with E-state index in [1.165, 1.54) is 13.8 Å². The molecule has 2 rings (SSSR count). The van der Waals surface area contributed by atoms with E-state index in [2.05, 4.69) is 21.2 Å². The van der Waals surface area contributed by atoms with E-state index in [4.69, 9.17) is 14.2 Å². The Kier molecular flexibility index (Phi) is 6.72. The van der Waals surface area contributed by atoms with Gasteiger partial charge in [-0.05, 0) is 44.9 Å². The lowest BCUT2D eigenvalue weighted by atomic mass is 9.92. The number of nitrogens with one attached hydrogen (secondary N) is 1. The maximum absolute atomic E-state index is 13.0. The van der Waals surface area contributed by atoms with Gasteiger partial charge in [0.25, 0.3) is 5.79 Å². The van der Waals surface area contributed by atoms with Gasteiger partial charge in [0.1, 0.15) is 5.60 Å². The fourth-order valence-corrected chi connectivity index (χ4v) is 2.95. The number of esters is 2. The van der Waals surface area contributed by atoms with Crippen LogP contribution >= 0.6 is 15.9 Å². The predicted molar refractivity (Wildman–Crippen MR) is 106 cm³/mol. The Morgan fingerprint density at radius 2 is 1.66 bits per heavy atom. The molecule has 0 saturated carbocycles. The number of ether oxygens (including phenoxy) is 3. The van der Waals surface area contributed by atoms with E-state index < -0.39 is 47.2 Å². The predicted octanol–water partition coefficient (Wildman–Crippen LogP) is 2.91. The van der Waals surface area contributed by atoms with Gasteiger partial charge in [-0.25, -0.2) is 4.79 Å². The van der Waals surface area contributed by atoms with Gasteiger partial charge in [-0.3, -0.25) is 14.4 Å². The number of benzene rings is 1. The van der Waals surface area contributed by atoms with Crippen LogP contribution in [0.2, 0.25) is 0 Å². The second kappa shape index (κ2) is 8.52. The average molecular weight is 470 g/mol. The Balaban J connectivity index is 2.26. The monoisotopic (exact) mass is 469 g/mol. The molecule has 8 nitrogen and oxygen atoms in total. The van der Waals surface area contributed by atoms with E-state index in [1.54, 1.807) is 45.0 Å². The van der Waals surface area contributed by atoms with Crippen LogP contribution in [0.4, 0.5) is 4.79 Å². The summed E-state index contributed by atoms with van der Waals surface area (Å²) in [6, 6.07) is 5.85. The van der Waals surface area contributed by atoms with Crippen molar-refractivity contribution >= 4 is 39.7 Å². The molecule has 0 spiro atoms. The SMILES string of the molecule is CC(C)(C)OC(=O)NC(Cc1ccc(Br)cc1)C(=O)C1C(=O)OC(C)(C)OC1=O. The Morgan fingerprint density at radius 3 is 2.14 bits per heavy atom. The van der Waals surface area contributed by atoms with Crippen LogP contribution in [0.1, 0.15) is 40.2 Å². The molecule has 1 aromatic carbocycles. The summed E-state index contributed by atoms with van der Waals surface area (Å²) in [6.07, 6.45) is -0.794. The van der Waals surface area contributed by atoms with Crippen LogP contribution in [0.5, 0.6) is 0 Å². The molecule has 1 saturated heterocycles. The maximum atomic E-state index is 13.0. The lowest BCUT2D eigenvalue weighted by molar-refractivity contribution is -0.238. The van der Waals surface area contributed by atoms with Crippen LogP contribution in [0.15, 0.2) is 28.7 Å². The molecule has 1 aromatic rings. The summed E-state index contributed by atoms with van der Waals surface area (Å²) >= 11 is 3.32. The highest BCUT2D eigenvalue weighted by Crippen LogP contribution is 2.25. The van der Waals surface area contributed by atoms with Gasteiger partial charge in [-0.15, -0.1) is 0 Å². The van der Waals surface area contributed by atoms with Crippen LogP contribution < -0.4 is 5.32 Å². The molecule has 1 aliphatic heterocycles. The van der Waals surface area contributed by atoms with E-state index in [0.717, 1.165) is 4.47 Å². The second-order valence-corrected chi connectivity index (χ2v) is 9.02. The molecule has 1 fully saturated rings. The first kappa shape index (κ1) is 22.9. The zero-order valence-corrected chi connectivity index (χ0v) is 18.5. The van der Waals surface area contributed by atoms with Crippen LogP contribution in [0, 0.1) is 5.92 Å². The highest BCUT2D eigenvalue weighted by atomic mass is 79.9. The highest BCUT2D eigenvalue weighted by molar-refractivity contribution is 9.10. The molecule has 0 radical (unpaired) electrons. The quantitative estimate of drug-likeness (QED) is 0.521. The number of hydrogen-bond donors (Lipinski definition) is 1. The number of alkyl carbamates (subject to hydrolysis) is 1. The van der Waals surface area contributed by atoms with Crippen molar-refractivity contribution in [3.63, 3.8) is 0 Å². The Morgan fingerprint density at radius 1 is 1.14 bits per heavy atom. The molecule has 0 aliphatic carbocycles. The van der Waals surface area contributed by atoms with Crippen molar-refractivity contribution in [2.45, 2.75) is 58.5 Å². The lowest BCUT2D eigenvalue weighted by Crippen LogP contribution is -2.55. The van der Waals surface area contributed by atoms with E-state index in [-0.39, 0.29) is 6.42 Å². The fourth-order valence-electron chi connectivity index (χ4n) is 2.68. The van der Waals surface area contributed by atoms with Crippen molar-refractivity contribution in [3.8, 4) is 0 Å². The number of carbonyl (C=O) groups is 4. The molecule has 29 heavy (non-hydrogen) atoms. The second-order valence-electron chi connectivity index (χ2n) is 8.11. The molecule has 158 valence electrons. The molecule has 9 heteroatoms. The minimum atomic E-state index is -1.78. The highest BCUT2D eigenvalue weighted by Gasteiger charge is 2.49. The van der Waals surface area contributed by atoms with Gasteiger partial charge in [0.05, 0.1) is 6.04 Å². The minimum Gasteiger partial charge on any atom is -0.444 e. The molecule has 0 aromatic heterocycles. The van der Waals surface area contributed by atoms with Gasteiger partial charge in [0, 0.05) is 18.3 Å². The number of amides is 1. The largest absolute Gasteiger partial charge is 0.444 e. The molecule has 1 N–H and O–H groups in total. The van der Waals surface area contributed by atoms with Crippen LogP contribution in [-0.2, 0) is 35.0 Å². The summed E-state index contributed by atoms with van der Waals surface area (Å²) in [4.78, 5) is 49.8. The number of Topliss-reactive ketones (excluding diaryl/α,β-unsaturated/α-hetero) is 1. The molecule has 1 atom stereocenters. The van der Waals surface area contributed by atoms with Crippen LogP contribution in [0.3, 0.4) is 0 Å². The number of ketones is 1. The van der Waals surface area contributed by atoms with Crippen molar-refractivity contribution in [2.75, 3.05) is 0 Å². The van der Waals surface area contributed by atoms with E-state index in [9.17, 15) is 19.2 Å². The number of hydrogen-bond acceptors (Lipinski definition) is 7. The standard InChI is InChI=1S/C20H24BrNO7/c1-19(2,3)29-18(26)22-13(10-11-6-8-12(21)9-7-11)15(23)14-16(24)27-20(4,5)28-17(14)25/h6-9,13-14H,10H2,1-5H3,(H,22,26). The van der Waals surface area contributed by atoms with Gasteiger partial charge in [0.2, 0.25) is 5.92 Å². The first-order valence-corrected chi connectivity index (χ1v) is 9.80. The van der Waals surface area contributed by atoms with Crippen molar-refractivity contribution in [1.82, 2.24) is 5.32 Å². The summed E-state index contributed by atoms with van der Waals surface area (Å²) in [7, 11) is 0. The normalized spacial score (nSPS) is 17.7. The average Bonchev–Trinajstić information content (AvgIpc) is 2.52.